The van der Waals surface area contributed by atoms with E-state index < -0.39 is 0 Å². The fraction of sp³-hybridized carbons (Fsp3) is 0.294. The number of fused-ring (bicyclic) bond motifs is 9. The van der Waals surface area contributed by atoms with E-state index in [9.17, 15) is 0 Å². The first-order chi connectivity index (χ1) is 26.4. The summed E-state index contributed by atoms with van der Waals surface area (Å²) in [5.41, 5.74) is 26.3. The standard InChI is InChI=1S/C51H52B2N2/c1-28(2)33-11-16-38(17-12-33)54-47-21-15-36(31(7)8)26-45(47)52-46-27-37(32(9)10)23-42-40-19-14-35(30(5)6)25-44(40)53-43-24-34(29(3)4)13-18-39(43)41-20-22-48(54)49(52)51(41)55(53)50(42)46/h11-32H,1-10H3. The maximum atomic E-state index is 2.82. The molecule has 0 unspecified atom stereocenters. The zero-order valence-corrected chi connectivity index (χ0v) is 34.3. The van der Waals surface area contributed by atoms with Crippen molar-refractivity contribution in [2.24, 2.45) is 0 Å². The van der Waals surface area contributed by atoms with E-state index in [1.54, 1.807) is 0 Å². The molecule has 0 bridgehead atoms. The zero-order valence-electron chi connectivity index (χ0n) is 34.3. The van der Waals surface area contributed by atoms with Crippen molar-refractivity contribution in [2.45, 2.75) is 98.8 Å². The molecule has 2 nitrogen and oxygen atoms in total. The van der Waals surface area contributed by atoms with Crippen molar-refractivity contribution >= 4 is 69.3 Å². The predicted octanol–water partition coefficient (Wildman–Crippen LogP) is 10.8. The molecule has 6 aromatic rings. The summed E-state index contributed by atoms with van der Waals surface area (Å²) in [7, 11) is 0. The van der Waals surface area contributed by atoms with Gasteiger partial charge in [-0.1, -0.05) is 142 Å². The highest BCUT2D eigenvalue weighted by atomic mass is 15.2. The summed E-state index contributed by atoms with van der Waals surface area (Å²) < 4.78 is 0. The fourth-order valence-corrected chi connectivity index (χ4v) is 10.2. The SMILES string of the molecule is CC(C)c1ccc(N2c3ccc(C(C)C)cc3B3c4cc(C(C)C)cc5c4N4B(c6cc(C(C)C)ccc6-5)c5cc(C(C)C)ccc5-c5ccc2c3c54)cc1. The largest absolute Gasteiger partial charge is 0.377 e. The van der Waals surface area contributed by atoms with Gasteiger partial charge in [0, 0.05) is 39.6 Å². The molecule has 4 heterocycles. The summed E-state index contributed by atoms with van der Waals surface area (Å²) >= 11 is 0. The lowest BCUT2D eigenvalue weighted by Gasteiger charge is -2.52. The van der Waals surface area contributed by atoms with Crippen LogP contribution in [0.1, 0.15) is 127 Å². The zero-order chi connectivity index (χ0) is 38.2. The first-order valence-electron chi connectivity index (χ1n) is 20.9. The van der Waals surface area contributed by atoms with Crippen LogP contribution >= 0.6 is 0 Å². The molecule has 4 heteroatoms. The van der Waals surface area contributed by atoms with Crippen LogP contribution in [-0.2, 0) is 0 Å². The summed E-state index contributed by atoms with van der Waals surface area (Å²) in [5.74, 6) is 2.21. The molecular weight excluding hydrogens is 662 g/mol. The topological polar surface area (TPSA) is 6.48 Å². The van der Waals surface area contributed by atoms with Gasteiger partial charge in [-0.15, -0.1) is 0 Å². The van der Waals surface area contributed by atoms with Crippen LogP contribution in [0, 0.1) is 0 Å². The molecule has 0 saturated carbocycles. The lowest BCUT2D eigenvalue weighted by Crippen LogP contribution is -2.69. The van der Waals surface area contributed by atoms with E-state index in [4.69, 9.17) is 0 Å². The van der Waals surface area contributed by atoms with Gasteiger partial charge in [-0.25, -0.2) is 0 Å². The van der Waals surface area contributed by atoms with Crippen LogP contribution in [-0.4, -0.2) is 13.6 Å². The molecule has 55 heavy (non-hydrogen) atoms. The second kappa shape index (κ2) is 12.3. The second-order valence-electron chi connectivity index (χ2n) is 18.3. The Kier molecular flexibility index (Phi) is 7.71. The summed E-state index contributed by atoms with van der Waals surface area (Å²) in [5, 5.41) is 0. The molecule has 0 radical (unpaired) electrons. The smallest absolute Gasteiger partial charge is 0.329 e. The highest BCUT2D eigenvalue weighted by Crippen LogP contribution is 2.51. The van der Waals surface area contributed by atoms with Gasteiger partial charge in [-0.3, -0.25) is 0 Å². The number of hydrogen-bond acceptors (Lipinski definition) is 2. The molecule has 0 aromatic heterocycles. The maximum absolute atomic E-state index is 2.82. The first kappa shape index (κ1) is 34.5. The van der Waals surface area contributed by atoms with E-state index >= 15 is 0 Å². The van der Waals surface area contributed by atoms with Gasteiger partial charge in [0.25, 0.3) is 6.71 Å². The number of anilines is 5. The van der Waals surface area contributed by atoms with Crippen molar-refractivity contribution in [3.8, 4) is 22.3 Å². The summed E-state index contributed by atoms with van der Waals surface area (Å²) in [6.45, 7) is 23.5. The molecule has 0 amide bonds. The van der Waals surface area contributed by atoms with E-state index in [1.807, 2.05) is 0 Å². The molecule has 4 aliphatic heterocycles. The van der Waals surface area contributed by atoms with Crippen molar-refractivity contribution < 1.29 is 0 Å². The molecule has 6 aromatic carbocycles. The number of nitrogens with zero attached hydrogens (tertiary/aromatic N) is 2. The Balaban J connectivity index is 1.37. The first-order valence-corrected chi connectivity index (χ1v) is 20.9. The van der Waals surface area contributed by atoms with Gasteiger partial charge in [0.05, 0.1) is 0 Å². The number of rotatable bonds is 6. The summed E-state index contributed by atoms with van der Waals surface area (Å²) in [4.78, 5) is 5.39. The third-order valence-electron chi connectivity index (χ3n) is 13.3. The van der Waals surface area contributed by atoms with Crippen LogP contribution < -0.4 is 37.0 Å². The minimum absolute atomic E-state index is 0.0840. The van der Waals surface area contributed by atoms with Gasteiger partial charge < -0.3 is 9.71 Å². The quantitative estimate of drug-likeness (QED) is 0.158. The molecule has 4 aliphatic rings. The third kappa shape index (κ3) is 4.89. The third-order valence-corrected chi connectivity index (χ3v) is 13.3. The van der Waals surface area contributed by atoms with Crippen LogP contribution in [0.15, 0.2) is 103 Å². The van der Waals surface area contributed by atoms with E-state index in [0.29, 0.717) is 29.6 Å². The predicted molar refractivity (Wildman–Crippen MR) is 241 cm³/mol. The number of benzene rings is 6. The Morgan fingerprint density at radius 3 is 1.44 bits per heavy atom. The van der Waals surface area contributed by atoms with E-state index in [2.05, 4.69) is 182 Å². The fourth-order valence-electron chi connectivity index (χ4n) is 10.2. The van der Waals surface area contributed by atoms with Crippen LogP contribution in [0.25, 0.3) is 22.3 Å². The Bertz CT molecular complexity index is 2560. The molecule has 272 valence electrons. The maximum Gasteiger partial charge on any atom is 0.329 e. The Hall–Kier alpha value is -4.95. The summed E-state index contributed by atoms with van der Waals surface area (Å²) in [6.07, 6.45) is 0. The lowest BCUT2D eigenvalue weighted by molar-refractivity contribution is 0.866. The van der Waals surface area contributed by atoms with E-state index in [-0.39, 0.29) is 13.6 Å². The van der Waals surface area contributed by atoms with Crippen LogP contribution in [0.4, 0.5) is 28.4 Å². The van der Waals surface area contributed by atoms with Crippen LogP contribution in [0.5, 0.6) is 0 Å². The van der Waals surface area contributed by atoms with E-state index in [1.165, 1.54) is 106 Å². The average molecular weight is 715 g/mol. The van der Waals surface area contributed by atoms with Gasteiger partial charge in [0.15, 0.2) is 0 Å². The van der Waals surface area contributed by atoms with Crippen molar-refractivity contribution in [3.05, 3.63) is 131 Å². The van der Waals surface area contributed by atoms with Crippen LogP contribution in [0.2, 0.25) is 0 Å². The van der Waals surface area contributed by atoms with Gasteiger partial charge in [0.1, 0.15) is 0 Å². The Morgan fingerprint density at radius 1 is 0.382 bits per heavy atom. The molecule has 0 aliphatic carbocycles. The van der Waals surface area contributed by atoms with Gasteiger partial charge in [-0.2, -0.15) is 0 Å². The van der Waals surface area contributed by atoms with Crippen molar-refractivity contribution in [2.75, 3.05) is 9.71 Å². The van der Waals surface area contributed by atoms with Gasteiger partial charge >= 0.3 is 6.85 Å². The normalized spacial score (nSPS) is 14.3. The monoisotopic (exact) mass is 714 g/mol. The van der Waals surface area contributed by atoms with Crippen molar-refractivity contribution in [1.82, 2.24) is 0 Å². The molecule has 10 rings (SSSR count). The van der Waals surface area contributed by atoms with Crippen molar-refractivity contribution in [1.29, 1.82) is 0 Å². The molecule has 0 spiro atoms. The molecular formula is C51H52B2N2. The Labute approximate surface area is 329 Å². The summed E-state index contributed by atoms with van der Waals surface area (Å²) in [6, 6.07) is 41.6. The van der Waals surface area contributed by atoms with Gasteiger partial charge in [-0.05, 0) is 126 Å². The van der Waals surface area contributed by atoms with Crippen molar-refractivity contribution in [3.63, 3.8) is 0 Å². The highest BCUT2D eigenvalue weighted by Gasteiger charge is 2.52. The lowest BCUT2D eigenvalue weighted by atomic mass is 9.30. The minimum atomic E-state index is 0.0840. The number of hydrogen-bond donors (Lipinski definition) is 0. The second-order valence-corrected chi connectivity index (χ2v) is 18.3. The van der Waals surface area contributed by atoms with Gasteiger partial charge in [0.2, 0.25) is 0 Å². The minimum Gasteiger partial charge on any atom is -0.377 e. The van der Waals surface area contributed by atoms with E-state index in [0.717, 1.165) is 0 Å². The molecule has 0 fully saturated rings. The molecule has 0 saturated heterocycles. The molecule has 0 N–H and O–H groups in total. The van der Waals surface area contributed by atoms with Crippen LogP contribution in [0.3, 0.4) is 0 Å². The molecule has 0 atom stereocenters. The average Bonchev–Trinajstić information content (AvgIpc) is 3.18. The highest BCUT2D eigenvalue weighted by molar-refractivity contribution is 7.03. The Morgan fingerprint density at radius 2 is 0.855 bits per heavy atom.